The van der Waals surface area contributed by atoms with Gasteiger partial charge in [0.05, 0.1) is 23.9 Å². The van der Waals surface area contributed by atoms with Crippen LogP contribution in [0.15, 0.2) is 18.3 Å². The third-order valence-electron chi connectivity index (χ3n) is 2.85. The van der Waals surface area contributed by atoms with Crippen molar-refractivity contribution >= 4 is 16.6 Å². The number of benzene rings is 1. The molecule has 1 aromatic carbocycles. The molecule has 0 aliphatic rings. The van der Waals surface area contributed by atoms with Crippen LogP contribution < -0.4 is 10.1 Å². The van der Waals surface area contributed by atoms with Gasteiger partial charge < -0.3 is 10.1 Å². The van der Waals surface area contributed by atoms with Gasteiger partial charge in [-0.05, 0) is 31.5 Å². The van der Waals surface area contributed by atoms with Gasteiger partial charge in [0, 0.05) is 18.1 Å². The quantitative estimate of drug-likeness (QED) is 0.897. The maximum atomic E-state index is 9.14. The lowest BCUT2D eigenvalue weighted by Gasteiger charge is -2.12. The Balaban J connectivity index is 2.81. The minimum Gasteiger partial charge on any atom is -0.497 e. The van der Waals surface area contributed by atoms with Crippen LogP contribution in [0.2, 0.25) is 0 Å². The maximum Gasteiger partial charge on any atom is 0.119 e. The third kappa shape index (κ3) is 1.95. The smallest absolute Gasteiger partial charge is 0.119 e. The van der Waals surface area contributed by atoms with Crippen LogP contribution in [0.4, 0.5) is 5.69 Å². The number of aromatic nitrogens is 1. The Kier molecular flexibility index (Phi) is 3.33. The summed E-state index contributed by atoms with van der Waals surface area (Å²) in [6, 6.07) is 6.02. The predicted octanol–water partition coefficient (Wildman–Crippen LogP) is 2.86. The number of aryl methyl sites for hydroxylation is 1. The number of methoxy groups -OCH3 is 1. The van der Waals surface area contributed by atoms with E-state index in [1.54, 1.807) is 13.3 Å². The summed E-state index contributed by atoms with van der Waals surface area (Å²) in [6.07, 6.45) is 1.61. The van der Waals surface area contributed by atoms with E-state index >= 15 is 0 Å². The summed E-state index contributed by atoms with van der Waals surface area (Å²) in [7, 11) is 1.63. The molecule has 1 heterocycles. The molecule has 0 amide bonds. The van der Waals surface area contributed by atoms with E-state index in [9.17, 15) is 0 Å². The summed E-state index contributed by atoms with van der Waals surface area (Å²) >= 11 is 0. The second-order valence-electron chi connectivity index (χ2n) is 4.03. The van der Waals surface area contributed by atoms with Gasteiger partial charge in [-0.15, -0.1) is 0 Å². The lowest BCUT2D eigenvalue weighted by atomic mass is 10.1. The van der Waals surface area contributed by atoms with Gasteiger partial charge >= 0.3 is 0 Å². The second-order valence-corrected chi connectivity index (χ2v) is 4.03. The maximum absolute atomic E-state index is 9.14. The summed E-state index contributed by atoms with van der Waals surface area (Å²) < 4.78 is 5.27. The molecule has 0 radical (unpaired) electrons. The van der Waals surface area contributed by atoms with Gasteiger partial charge in [0.15, 0.2) is 0 Å². The predicted molar refractivity (Wildman–Crippen MR) is 71.9 cm³/mol. The molecule has 2 aromatic rings. The fraction of sp³-hybridized carbons (Fsp3) is 0.286. The van der Waals surface area contributed by atoms with E-state index in [1.807, 2.05) is 26.0 Å². The lowest BCUT2D eigenvalue weighted by molar-refractivity contribution is 0.415. The standard InChI is InChI=1S/C14H15N3O/c1-4-16-14-10(7-15)8-17-13-9(2)5-11(18-3)6-12(13)14/h5-6,8H,4H2,1-3H3,(H,16,17). The van der Waals surface area contributed by atoms with Crippen LogP contribution in [0.5, 0.6) is 5.75 Å². The fourth-order valence-electron chi connectivity index (χ4n) is 2.02. The van der Waals surface area contributed by atoms with Crippen molar-refractivity contribution in [3.8, 4) is 11.8 Å². The molecule has 92 valence electrons. The number of rotatable bonds is 3. The van der Waals surface area contributed by atoms with Crippen molar-refractivity contribution in [2.45, 2.75) is 13.8 Å². The van der Waals surface area contributed by atoms with Gasteiger partial charge in [0.25, 0.3) is 0 Å². The minimum absolute atomic E-state index is 0.553. The highest BCUT2D eigenvalue weighted by atomic mass is 16.5. The Morgan fingerprint density at radius 1 is 1.44 bits per heavy atom. The van der Waals surface area contributed by atoms with Crippen LogP contribution in [0, 0.1) is 18.3 Å². The first kappa shape index (κ1) is 12.2. The largest absolute Gasteiger partial charge is 0.497 e. The zero-order chi connectivity index (χ0) is 13.1. The monoisotopic (exact) mass is 241 g/mol. The molecule has 0 spiro atoms. The Labute approximate surface area is 106 Å². The number of nitrogens with one attached hydrogen (secondary N) is 1. The molecule has 4 heteroatoms. The van der Waals surface area contributed by atoms with E-state index in [0.717, 1.165) is 34.4 Å². The van der Waals surface area contributed by atoms with Crippen molar-refractivity contribution < 1.29 is 4.74 Å². The summed E-state index contributed by atoms with van der Waals surface area (Å²) in [5, 5.41) is 13.3. The molecular weight excluding hydrogens is 226 g/mol. The van der Waals surface area contributed by atoms with E-state index in [2.05, 4.69) is 16.4 Å². The lowest BCUT2D eigenvalue weighted by Crippen LogP contribution is -2.02. The van der Waals surface area contributed by atoms with Crippen molar-refractivity contribution in [3.63, 3.8) is 0 Å². The zero-order valence-electron chi connectivity index (χ0n) is 10.7. The molecule has 0 aliphatic heterocycles. The minimum atomic E-state index is 0.553. The molecule has 2 rings (SSSR count). The molecule has 0 atom stereocenters. The molecular formula is C14H15N3O. The molecule has 18 heavy (non-hydrogen) atoms. The molecule has 4 nitrogen and oxygen atoms in total. The molecule has 0 fully saturated rings. The number of nitriles is 1. The molecule has 0 saturated carbocycles. The molecule has 0 bridgehead atoms. The second kappa shape index (κ2) is 4.92. The average molecular weight is 241 g/mol. The Bertz CT molecular complexity index is 629. The van der Waals surface area contributed by atoms with Crippen LogP contribution in [0.1, 0.15) is 18.1 Å². The number of hydrogen-bond donors (Lipinski definition) is 1. The topological polar surface area (TPSA) is 57.9 Å². The van der Waals surface area contributed by atoms with Gasteiger partial charge in [-0.3, -0.25) is 4.98 Å². The van der Waals surface area contributed by atoms with Crippen molar-refractivity contribution in [1.82, 2.24) is 4.98 Å². The molecule has 1 aromatic heterocycles. The number of anilines is 1. The van der Waals surface area contributed by atoms with Crippen LogP contribution in [-0.2, 0) is 0 Å². The van der Waals surface area contributed by atoms with Crippen LogP contribution in [-0.4, -0.2) is 18.6 Å². The average Bonchev–Trinajstić information content (AvgIpc) is 2.39. The summed E-state index contributed by atoms with van der Waals surface area (Å²) in [5.74, 6) is 0.774. The molecule has 0 aliphatic carbocycles. The highest BCUT2D eigenvalue weighted by molar-refractivity contribution is 5.96. The third-order valence-corrected chi connectivity index (χ3v) is 2.85. The van der Waals surface area contributed by atoms with Gasteiger partial charge in [-0.2, -0.15) is 5.26 Å². The van der Waals surface area contributed by atoms with Crippen LogP contribution >= 0.6 is 0 Å². The Morgan fingerprint density at radius 3 is 2.83 bits per heavy atom. The Hall–Kier alpha value is -2.28. The highest BCUT2D eigenvalue weighted by Crippen LogP contribution is 2.31. The van der Waals surface area contributed by atoms with E-state index in [1.165, 1.54) is 0 Å². The van der Waals surface area contributed by atoms with Gasteiger partial charge in [0.2, 0.25) is 0 Å². The van der Waals surface area contributed by atoms with Gasteiger partial charge in [-0.1, -0.05) is 0 Å². The van der Waals surface area contributed by atoms with Crippen LogP contribution in [0.25, 0.3) is 10.9 Å². The van der Waals surface area contributed by atoms with E-state index in [0.29, 0.717) is 5.56 Å². The summed E-state index contributed by atoms with van der Waals surface area (Å²) in [6.45, 7) is 4.74. The number of nitrogens with zero attached hydrogens (tertiary/aromatic N) is 2. The SMILES string of the molecule is CCNc1c(C#N)cnc2c(C)cc(OC)cc12. The van der Waals surface area contributed by atoms with Gasteiger partial charge in [0.1, 0.15) is 11.8 Å². The highest BCUT2D eigenvalue weighted by Gasteiger charge is 2.11. The first-order valence-electron chi connectivity index (χ1n) is 5.82. The summed E-state index contributed by atoms with van der Waals surface area (Å²) in [4.78, 5) is 4.35. The molecule has 0 unspecified atom stereocenters. The van der Waals surface area contributed by atoms with Gasteiger partial charge in [-0.25, -0.2) is 0 Å². The molecule has 0 saturated heterocycles. The van der Waals surface area contributed by atoms with Crippen molar-refractivity contribution in [2.75, 3.05) is 19.0 Å². The number of pyridine rings is 1. The summed E-state index contributed by atoms with van der Waals surface area (Å²) in [5.41, 5.74) is 3.31. The van der Waals surface area contributed by atoms with Crippen molar-refractivity contribution in [3.05, 3.63) is 29.5 Å². The normalized spacial score (nSPS) is 10.1. The number of fused-ring (bicyclic) bond motifs is 1. The first-order chi connectivity index (χ1) is 8.71. The fourth-order valence-corrected chi connectivity index (χ4v) is 2.02. The van der Waals surface area contributed by atoms with E-state index < -0.39 is 0 Å². The Morgan fingerprint density at radius 2 is 2.22 bits per heavy atom. The van der Waals surface area contributed by atoms with Crippen molar-refractivity contribution in [1.29, 1.82) is 5.26 Å². The molecule has 1 N–H and O–H groups in total. The van der Waals surface area contributed by atoms with Crippen molar-refractivity contribution in [2.24, 2.45) is 0 Å². The first-order valence-corrected chi connectivity index (χ1v) is 5.82. The number of hydrogen-bond acceptors (Lipinski definition) is 4. The zero-order valence-corrected chi connectivity index (χ0v) is 10.7. The van der Waals surface area contributed by atoms with E-state index in [-0.39, 0.29) is 0 Å². The van der Waals surface area contributed by atoms with E-state index in [4.69, 9.17) is 10.00 Å². The van der Waals surface area contributed by atoms with Crippen LogP contribution in [0.3, 0.4) is 0 Å². The number of ether oxygens (including phenoxy) is 1.